The number of hydrogen-bond donors (Lipinski definition) is 2. The van der Waals surface area contributed by atoms with Gasteiger partial charge in [-0.25, -0.2) is 4.98 Å². The second-order valence-electron chi connectivity index (χ2n) is 7.11. The highest BCUT2D eigenvalue weighted by Crippen LogP contribution is 2.26. The average Bonchev–Trinajstić information content (AvgIpc) is 3.18. The van der Waals surface area contributed by atoms with Crippen LogP contribution in [0.15, 0.2) is 73.1 Å². The molecule has 146 valence electrons. The van der Waals surface area contributed by atoms with Crippen molar-refractivity contribution in [3.63, 3.8) is 0 Å². The maximum atomic E-state index is 11.5. The lowest BCUT2D eigenvalue weighted by Crippen LogP contribution is -2.13. The highest BCUT2D eigenvalue weighted by Gasteiger charge is 2.09. The first-order valence-electron chi connectivity index (χ1n) is 9.83. The minimum atomic E-state index is -0.434. The largest absolute Gasteiger partial charge is 0.366 e. The Morgan fingerprint density at radius 1 is 1.03 bits per heavy atom. The van der Waals surface area contributed by atoms with Crippen LogP contribution in [0.3, 0.4) is 0 Å². The van der Waals surface area contributed by atoms with Crippen LogP contribution in [0.5, 0.6) is 0 Å². The minimum absolute atomic E-state index is 0.434. The van der Waals surface area contributed by atoms with Crippen LogP contribution in [-0.2, 0) is 6.54 Å². The van der Waals surface area contributed by atoms with Gasteiger partial charge in [0.2, 0.25) is 5.91 Å². The monoisotopic (exact) mass is 384 g/mol. The molecule has 0 fully saturated rings. The Bertz CT molecular complexity index is 1150. The molecule has 5 nitrogen and oxygen atoms in total. The Hall–Kier alpha value is -3.44. The third-order valence-electron chi connectivity index (χ3n) is 5.00. The number of aromatic nitrogens is 2. The van der Waals surface area contributed by atoms with E-state index in [9.17, 15) is 4.79 Å². The molecule has 0 unspecified atom stereocenters. The van der Waals surface area contributed by atoms with Crippen LogP contribution in [0.1, 0.15) is 29.3 Å². The van der Waals surface area contributed by atoms with Gasteiger partial charge in [-0.2, -0.15) is 0 Å². The highest BCUT2D eigenvalue weighted by atomic mass is 16.1. The lowest BCUT2D eigenvalue weighted by atomic mass is 10.0. The van der Waals surface area contributed by atoms with E-state index in [1.54, 1.807) is 12.1 Å². The first-order chi connectivity index (χ1) is 14.2. The van der Waals surface area contributed by atoms with Crippen molar-refractivity contribution in [2.24, 2.45) is 5.73 Å². The summed E-state index contributed by atoms with van der Waals surface area (Å²) in [5, 5.41) is 3.42. The molecule has 0 atom stereocenters. The van der Waals surface area contributed by atoms with Gasteiger partial charge in [0.1, 0.15) is 5.65 Å². The number of nitrogens with two attached hydrogens (primary N) is 1. The van der Waals surface area contributed by atoms with E-state index in [0.717, 1.165) is 47.5 Å². The third kappa shape index (κ3) is 4.05. The molecule has 0 aliphatic carbocycles. The lowest BCUT2D eigenvalue weighted by Gasteiger charge is -2.07. The molecule has 3 N–H and O–H groups in total. The Morgan fingerprint density at radius 3 is 2.62 bits per heavy atom. The van der Waals surface area contributed by atoms with Crippen molar-refractivity contribution < 1.29 is 4.79 Å². The van der Waals surface area contributed by atoms with E-state index >= 15 is 0 Å². The minimum Gasteiger partial charge on any atom is -0.366 e. The molecular weight excluding hydrogens is 360 g/mol. The highest BCUT2D eigenvalue weighted by molar-refractivity contribution is 5.94. The second kappa shape index (κ2) is 8.29. The molecule has 0 aliphatic heterocycles. The van der Waals surface area contributed by atoms with Gasteiger partial charge in [0.15, 0.2) is 0 Å². The molecule has 0 saturated heterocycles. The van der Waals surface area contributed by atoms with Crippen molar-refractivity contribution >= 4 is 11.6 Å². The Kier molecular flexibility index (Phi) is 5.40. The smallest absolute Gasteiger partial charge is 0.248 e. The van der Waals surface area contributed by atoms with Crippen LogP contribution < -0.4 is 11.1 Å². The molecule has 0 bridgehead atoms. The summed E-state index contributed by atoms with van der Waals surface area (Å²) in [7, 11) is 0. The summed E-state index contributed by atoms with van der Waals surface area (Å²) in [5.74, 6) is -0.434. The predicted octanol–water partition coefficient (Wildman–Crippen LogP) is 4.27. The van der Waals surface area contributed by atoms with Crippen molar-refractivity contribution in [2.45, 2.75) is 19.9 Å². The Morgan fingerprint density at radius 2 is 1.86 bits per heavy atom. The fourth-order valence-electron chi connectivity index (χ4n) is 3.43. The SMILES string of the molecule is CCCNCc1ccc(-c2ccn3c(-c4cccc(C(N)=O)c4)cnc3c2)cc1. The summed E-state index contributed by atoms with van der Waals surface area (Å²) in [6.45, 7) is 4.09. The average molecular weight is 384 g/mol. The van der Waals surface area contributed by atoms with Crippen molar-refractivity contribution in [1.82, 2.24) is 14.7 Å². The summed E-state index contributed by atoms with van der Waals surface area (Å²) in [6.07, 6.45) is 4.97. The number of benzene rings is 2. The third-order valence-corrected chi connectivity index (χ3v) is 5.00. The fourth-order valence-corrected chi connectivity index (χ4v) is 3.43. The van der Waals surface area contributed by atoms with Crippen molar-refractivity contribution in [2.75, 3.05) is 6.54 Å². The van der Waals surface area contributed by atoms with Gasteiger partial charge in [-0.1, -0.05) is 43.3 Å². The Labute approximate surface area is 170 Å². The van der Waals surface area contributed by atoms with Crippen molar-refractivity contribution in [1.29, 1.82) is 0 Å². The van der Waals surface area contributed by atoms with Gasteiger partial charge in [-0.05, 0) is 53.9 Å². The van der Waals surface area contributed by atoms with E-state index in [1.165, 1.54) is 5.56 Å². The van der Waals surface area contributed by atoms with Crippen molar-refractivity contribution in [3.05, 3.63) is 84.2 Å². The molecule has 2 aromatic carbocycles. The van der Waals surface area contributed by atoms with Gasteiger partial charge in [-0.3, -0.25) is 9.20 Å². The number of primary amides is 1. The zero-order chi connectivity index (χ0) is 20.2. The zero-order valence-electron chi connectivity index (χ0n) is 16.4. The normalized spacial score (nSPS) is 11.1. The van der Waals surface area contributed by atoms with Crippen LogP contribution in [0, 0.1) is 0 Å². The molecule has 5 heteroatoms. The number of hydrogen-bond acceptors (Lipinski definition) is 3. The molecule has 0 radical (unpaired) electrons. The van der Waals surface area contributed by atoms with Crippen LogP contribution in [0.25, 0.3) is 28.0 Å². The molecule has 4 rings (SSSR count). The molecule has 0 spiro atoms. The van der Waals surface area contributed by atoms with E-state index in [4.69, 9.17) is 5.73 Å². The fraction of sp³-hybridized carbons (Fsp3) is 0.167. The number of nitrogens with one attached hydrogen (secondary N) is 1. The maximum absolute atomic E-state index is 11.5. The number of amides is 1. The van der Waals surface area contributed by atoms with E-state index in [0.29, 0.717) is 5.56 Å². The quantitative estimate of drug-likeness (QED) is 0.468. The van der Waals surface area contributed by atoms with Crippen molar-refractivity contribution in [3.8, 4) is 22.4 Å². The van der Waals surface area contributed by atoms with E-state index < -0.39 is 5.91 Å². The van der Waals surface area contributed by atoms with Gasteiger partial charge >= 0.3 is 0 Å². The zero-order valence-corrected chi connectivity index (χ0v) is 16.4. The molecule has 29 heavy (non-hydrogen) atoms. The molecule has 1 amide bonds. The summed E-state index contributed by atoms with van der Waals surface area (Å²) in [5.41, 5.74) is 12.1. The standard InChI is InChI=1S/C24H24N4O/c1-2-11-26-15-17-6-8-18(9-7-17)19-10-12-28-22(16-27-23(28)14-19)20-4-3-5-21(13-20)24(25)29/h3-10,12-14,16,26H,2,11,15H2,1H3,(H2,25,29). The van der Waals surface area contributed by atoms with Crippen LogP contribution in [-0.4, -0.2) is 21.8 Å². The number of fused-ring (bicyclic) bond motifs is 1. The van der Waals surface area contributed by atoms with Gasteiger partial charge in [0.05, 0.1) is 11.9 Å². The number of carbonyl (C=O) groups excluding carboxylic acids is 1. The first-order valence-corrected chi connectivity index (χ1v) is 9.83. The van der Waals surface area contributed by atoms with E-state index in [1.807, 2.05) is 28.9 Å². The number of rotatable bonds is 7. The maximum Gasteiger partial charge on any atom is 0.248 e. The topological polar surface area (TPSA) is 72.4 Å². The van der Waals surface area contributed by atoms with Crippen LogP contribution >= 0.6 is 0 Å². The number of carbonyl (C=O) groups is 1. The second-order valence-corrected chi connectivity index (χ2v) is 7.11. The van der Waals surface area contributed by atoms with E-state index in [-0.39, 0.29) is 0 Å². The van der Waals surface area contributed by atoms with E-state index in [2.05, 4.69) is 53.6 Å². The van der Waals surface area contributed by atoms with Gasteiger partial charge in [0, 0.05) is 23.9 Å². The first kappa shape index (κ1) is 18.9. The number of pyridine rings is 1. The molecule has 4 aromatic rings. The molecular formula is C24H24N4O. The van der Waals surface area contributed by atoms with Crippen LogP contribution in [0.2, 0.25) is 0 Å². The van der Waals surface area contributed by atoms with Gasteiger partial charge < -0.3 is 11.1 Å². The Balaban J connectivity index is 1.61. The predicted molar refractivity (Wildman–Crippen MR) is 117 cm³/mol. The number of imidazole rings is 1. The molecule has 0 aliphatic rings. The summed E-state index contributed by atoms with van der Waals surface area (Å²) in [6, 6.07) is 20.1. The molecule has 2 aromatic heterocycles. The summed E-state index contributed by atoms with van der Waals surface area (Å²) in [4.78, 5) is 16.0. The lowest BCUT2D eigenvalue weighted by molar-refractivity contribution is 0.100. The summed E-state index contributed by atoms with van der Waals surface area (Å²) >= 11 is 0. The van der Waals surface area contributed by atoms with Crippen LogP contribution in [0.4, 0.5) is 0 Å². The van der Waals surface area contributed by atoms with Gasteiger partial charge in [0.25, 0.3) is 0 Å². The van der Waals surface area contributed by atoms with Gasteiger partial charge in [-0.15, -0.1) is 0 Å². The summed E-state index contributed by atoms with van der Waals surface area (Å²) < 4.78 is 2.02. The number of nitrogens with zero attached hydrogens (tertiary/aromatic N) is 2. The molecule has 0 saturated carbocycles. The molecule has 2 heterocycles.